The Hall–Kier alpha value is -1.39. The van der Waals surface area contributed by atoms with Crippen LogP contribution in [0, 0.1) is 0 Å². The Morgan fingerprint density at radius 1 is 1.17 bits per heavy atom. The van der Waals surface area contributed by atoms with Gasteiger partial charge in [0, 0.05) is 32.3 Å². The van der Waals surface area contributed by atoms with Crippen LogP contribution in [-0.2, 0) is 9.53 Å². The molecular formula is C19H30N2O2. The molecule has 1 aromatic carbocycles. The first kappa shape index (κ1) is 18.0. The maximum Gasteiger partial charge on any atom is 0.230 e. The van der Waals surface area contributed by atoms with Crippen LogP contribution < -0.4 is 0 Å². The lowest BCUT2D eigenvalue weighted by Gasteiger charge is -2.37. The highest BCUT2D eigenvalue weighted by atomic mass is 16.5. The summed E-state index contributed by atoms with van der Waals surface area (Å²) in [6, 6.07) is 10.5. The SMILES string of the molecule is CCC(C(=O)N(CCN(C)C)C1CCOCC1)c1ccccc1. The zero-order valence-corrected chi connectivity index (χ0v) is 14.7. The van der Waals surface area contributed by atoms with Crippen LogP contribution in [0.25, 0.3) is 0 Å². The van der Waals surface area contributed by atoms with E-state index in [9.17, 15) is 4.79 Å². The molecule has 0 aromatic heterocycles. The van der Waals surface area contributed by atoms with E-state index in [1.165, 1.54) is 0 Å². The largest absolute Gasteiger partial charge is 0.381 e. The zero-order valence-electron chi connectivity index (χ0n) is 14.7. The maximum atomic E-state index is 13.3. The normalized spacial score (nSPS) is 17.2. The molecule has 0 bridgehead atoms. The Balaban J connectivity index is 2.16. The molecule has 4 heteroatoms. The lowest BCUT2D eigenvalue weighted by molar-refractivity contribution is -0.137. The molecule has 1 fully saturated rings. The molecule has 0 spiro atoms. The monoisotopic (exact) mass is 318 g/mol. The summed E-state index contributed by atoms with van der Waals surface area (Å²) in [5.41, 5.74) is 1.13. The van der Waals surface area contributed by atoms with Crippen molar-refractivity contribution in [2.24, 2.45) is 0 Å². The molecule has 128 valence electrons. The molecule has 2 rings (SSSR count). The highest BCUT2D eigenvalue weighted by molar-refractivity contribution is 5.84. The third-order valence-electron chi connectivity index (χ3n) is 4.61. The fourth-order valence-electron chi connectivity index (χ4n) is 3.22. The summed E-state index contributed by atoms with van der Waals surface area (Å²) >= 11 is 0. The van der Waals surface area contributed by atoms with Crippen LogP contribution in [0.15, 0.2) is 30.3 Å². The number of hydrogen-bond acceptors (Lipinski definition) is 3. The second-order valence-electron chi connectivity index (χ2n) is 6.55. The van der Waals surface area contributed by atoms with Crippen molar-refractivity contribution in [3.63, 3.8) is 0 Å². The van der Waals surface area contributed by atoms with Crippen LogP contribution in [0.1, 0.15) is 37.7 Å². The van der Waals surface area contributed by atoms with Gasteiger partial charge in [-0.1, -0.05) is 37.3 Å². The number of carbonyl (C=O) groups excluding carboxylic acids is 1. The molecule has 23 heavy (non-hydrogen) atoms. The predicted octanol–water partition coefficient (Wildman–Crippen LogP) is 2.75. The molecule has 0 radical (unpaired) electrons. The minimum absolute atomic E-state index is 0.0405. The van der Waals surface area contributed by atoms with Gasteiger partial charge in [0.25, 0.3) is 0 Å². The van der Waals surface area contributed by atoms with Crippen LogP contribution in [0.2, 0.25) is 0 Å². The summed E-state index contributed by atoms with van der Waals surface area (Å²) in [5, 5.41) is 0. The summed E-state index contributed by atoms with van der Waals surface area (Å²) in [7, 11) is 4.11. The lowest BCUT2D eigenvalue weighted by atomic mass is 9.93. The van der Waals surface area contributed by atoms with Crippen molar-refractivity contribution >= 4 is 5.91 Å². The van der Waals surface area contributed by atoms with Gasteiger partial charge in [0.2, 0.25) is 5.91 Å². The number of amides is 1. The molecule has 1 aromatic rings. The Labute approximate surface area is 140 Å². The number of hydrogen-bond donors (Lipinski definition) is 0. The lowest BCUT2D eigenvalue weighted by Crippen LogP contribution is -2.48. The van der Waals surface area contributed by atoms with E-state index in [1.807, 2.05) is 18.2 Å². The molecule has 1 aliphatic heterocycles. The topological polar surface area (TPSA) is 32.8 Å². The van der Waals surface area contributed by atoms with Gasteiger partial charge in [-0.2, -0.15) is 0 Å². The molecule has 1 amide bonds. The van der Waals surface area contributed by atoms with Crippen LogP contribution in [0.3, 0.4) is 0 Å². The Kier molecular flexibility index (Phi) is 7.06. The third-order valence-corrected chi connectivity index (χ3v) is 4.61. The van der Waals surface area contributed by atoms with Gasteiger partial charge in [0.05, 0.1) is 5.92 Å². The summed E-state index contributed by atoms with van der Waals surface area (Å²) in [5.74, 6) is 0.230. The van der Waals surface area contributed by atoms with Crippen molar-refractivity contribution < 1.29 is 9.53 Å². The standard InChI is InChI=1S/C19H30N2O2/c1-4-18(16-8-6-5-7-9-16)19(22)21(13-12-20(2)3)17-10-14-23-15-11-17/h5-9,17-18H,4,10-15H2,1-3H3. The Morgan fingerprint density at radius 3 is 2.39 bits per heavy atom. The Bertz CT molecular complexity index is 470. The van der Waals surface area contributed by atoms with Crippen molar-refractivity contribution in [3.05, 3.63) is 35.9 Å². The van der Waals surface area contributed by atoms with Gasteiger partial charge in [-0.3, -0.25) is 4.79 Å². The van der Waals surface area contributed by atoms with Crippen molar-refractivity contribution in [1.82, 2.24) is 9.80 Å². The molecule has 0 N–H and O–H groups in total. The number of rotatable bonds is 7. The zero-order chi connectivity index (χ0) is 16.7. The van der Waals surface area contributed by atoms with Crippen molar-refractivity contribution in [3.8, 4) is 0 Å². The Morgan fingerprint density at radius 2 is 1.83 bits per heavy atom. The smallest absolute Gasteiger partial charge is 0.230 e. The van der Waals surface area contributed by atoms with E-state index in [0.717, 1.165) is 51.1 Å². The van der Waals surface area contributed by atoms with Crippen LogP contribution in [0.4, 0.5) is 0 Å². The van der Waals surface area contributed by atoms with Gasteiger partial charge in [0.1, 0.15) is 0 Å². The van der Waals surface area contributed by atoms with E-state index in [1.54, 1.807) is 0 Å². The molecule has 0 aliphatic carbocycles. The van der Waals surface area contributed by atoms with Gasteiger partial charge >= 0.3 is 0 Å². The molecule has 1 saturated heterocycles. The van der Waals surface area contributed by atoms with E-state index in [4.69, 9.17) is 4.74 Å². The van der Waals surface area contributed by atoms with Crippen LogP contribution >= 0.6 is 0 Å². The average molecular weight is 318 g/mol. The number of benzene rings is 1. The minimum Gasteiger partial charge on any atom is -0.381 e. The number of ether oxygens (including phenoxy) is 1. The van der Waals surface area contributed by atoms with Crippen molar-refractivity contribution in [2.75, 3.05) is 40.4 Å². The minimum atomic E-state index is -0.0405. The number of carbonyl (C=O) groups is 1. The molecule has 1 unspecified atom stereocenters. The van der Waals surface area contributed by atoms with Gasteiger partial charge < -0.3 is 14.5 Å². The first-order valence-electron chi connectivity index (χ1n) is 8.71. The van der Waals surface area contributed by atoms with Gasteiger partial charge in [-0.15, -0.1) is 0 Å². The summed E-state index contributed by atoms with van der Waals surface area (Å²) < 4.78 is 5.48. The second kappa shape index (κ2) is 9.04. The average Bonchev–Trinajstić information content (AvgIpc) is 2.57. The quantitative estimate of drug-likeness (QED) is 0.775. The highest BCUT2D eigenvalue weighted by Crippen LogP contribution is 2.25. The summed E-state index contributed by atoms with van der Waals surface area (Å²) in [6.07, 6.45) is 2.74. The van der Waals surface area contributed by atoms with Gasteiger partial charge in [-0.05, 0) is 38.9 Å². The summed E-state index contributed by atoms with van der Waals surface area (Å²) in [6.45, 7) is 5.31. The number of nitrogens with zero attached hydrogens (tertiary/aromatic N) is 2. The maximum absolute atomic E-state index is 13.3. The van der Waals surface area contributed by atoms with E-state index >= 15 is 0 Å². The van der Waals surface area contributed by atoms with Crippen molar-refractivity contribution in [1.29, 1.82) is 0 Å². The van der Waals surface area contributed by atoms with E-state index in [-0.39, 0.29) is 11.8 Å². The first-order chi connectivity index (χ1) is 11.1. The fraction of sp³-hybridized carbons (Fsp3) is 0.632. The fourth-order valence-corrected chi connectivity index (χ4v) is 3.22. The van der Waals surface area contributed by atoms with Gasteiger partial charge in [0.15, 0.2) is 0 Å². The molecule has 1 heterocycles. The van der Waals surface area contributed by atoms with E-state index < -0.39 is 0 Å². The van der Waals surface area contributed by atoms with Crippen molar-refractivity contribution in [2.45, 2.75) is 38.1 Å². The summed E-state index contributed by atoms with van der Waals surface area (Å²) in [4.78, 5) is 17.5. The van der Waals surface area contributed by atoms with Crippen LogP contribution in [0.5, 0.6) is 0 Å². The highest BCUT2D eigenvalue weighted by Gasteiger charge is 2.30. The van der Waals surface area contributed by atoms with Crippen LogP contribution in [-0.4, -0.2) is 62.1 Å². The third kappa shape index (κ3) is 5.05. The number of likely N-dealkylation sites (N-methyl/N-ethyl adjacent to an activating group) is 1. The second-order valence-corrected chi connectivity index (χ2v) is 6.55. The molecule has 1 aliphatic rings. The molecule has 0 saturated carbocycles. The predicted molar refractivity (Wildman–Crippen MR) is 93.6 cm³/mol. The molecule has 1 atom stereocenters. The van der Waals surface area contributed by atoms with E-state index in [0.29, 0.717) is 6.04 Å². The molecule has 4 nitrogen and oxygen atoms in total. The van der Waals surface area contributed by atoms with Gasteiger partial charge in [-0.25, -0.2) is 0 Å². The van der Waals surface area contributed by atoms with E-state index in [2.05, 4.69) is 43.0 Å². The molecular weight excluding hydrogens is 288 g/mol. The first-order valence-corrected chi connectivity index (χ1v) is 8.71.